The van der Waals surface area contributed by atoms with Crippen LogP contribution in [0.2, 0.25) is 0 Å². The first-order valence-corrected chi connectivity index (χ1v) is 60.9. The molecule has 0 N–H and O–H groups in total. The zero-order chi connectivity index (χ0) is 102. The lowest BCUT2D eigenvalue weighted by atomic mass is 9.53. The minimum Gasteiger partial charge on any atom is -0.493 e. The Morgan fingerprint density at radius 2 is 0.336 bits per heavy atom. The topological polar surface area (TPSA) is 55.4 Å². The van der Waals surface area contributed by atoms with Crippen LogP contribution in [-0.2, 0) is 0 Å². The van der Waals surface area contributed by atoms with Crippen molar-refractivity contribution in [1.29, 1.82) is 0 Å². The lowest BCUT2D eigenvalue weighted by Crippen LogP contribution is -2.35. The average molecular weight is 1980 g/mol. The molecule has 0 fully saturated rings. The lowest BCUT2D eigenvalue weighted by Gasteiger charge is -2.48. The fraction of sp³-hybridized carbons (Fsp3) is 0.600. The van der Waals surface area contributed by atoms with Crippen LogP contribution in [0.15, 0.2) is 133 Å². The van der Waals surface area contributed by atoms with Crippen LogP contribution in [0.1, 0.15) is 601 Å². The number of unbranched alkanes of at least 4 members (excludes halogenated alkanes) is 58. The number of hydrogen-bond acceptors (Lipinski definition) is 6. The van der Waals surface area contributed by atoms with Gasteiger partial charge in [0.1, 0.15) is 34.5 Å². The fourth-order valence-electron chi connectivity index (χ4n) is 23.3. The molecule has 0 atom stereocenters. The molecule has 0 spiro atoms. The molecule has 146 heavy (non-hydrogen) atoms. The van der Waals surface area contributed by atoms with E-state index in [0.29, 0.717) is 26.4 Å². The summed E-state index contributed by atoms with van der Waals surface area (Å²) in [6, 6.07) is 49.7. The van der Waals surface area contributed by atoms with E-state index in [1.54, 1.807) is 0 Å². The molecule has 0 radical (unpaired) electrons. The molecule has 0 aliphatic heterocycles. The van der Waals surface area contributed by atoms with Crippen LogP contribution in [0.4, 0.5) is 0 Å². The molecule has 0 amide bonds. The minimum absolute atomic E-state index is 0.0410. The molecule has 8 aromatic carbocycles. The van der Waals surface area contributed by atoms with Crippen LogP contribution in [-0.4, -0.2) is 39.6 Å². The van der Waals surface area contributed by atoms with Crippen molar-refractivity contribution in [2.75, 3.05) is 39.6 Å². The third-order valence-electron chi connectivity index (χ3n) is 31.6. The van der Waals surface area contributed by atoms with Gasteiger partial charge in [-0.05, 0) is 168 Å². The molecule has 6 aliphatic rings. The zero-order valence-electron chi connectivity index (χ0n) is 94.0. The number of rotatable bonds is 76. The van der Waals surface area contributed by atoms with Gasteiger partial charge in [-0.1, -0.05) is 547 Å². The molecule has 6 heteroatoms. The van der Waals surface area contributed by atoms with E-state index in [1.165, 1.54) is 450 Å². The Morgan fingerprint density at radius 3 is 0.534 bits per heavy atom. The Hall–Kier alpha value is -9.20. The van der Waals surface area contributed by atoms with Gasteiger partial charge in [-0.25, -0.2) is 0 Å². The number of hydrogen-bond donors (Lipinski definition) is 0. The van der Waals surface area contributed by atoms with Gasteiger partial charge in [-0.3, -0.25) is 0 Å². The van der Waals surface area contributed by atoms with Crippen molar-refractivity contribution in [3.8, 4) is 81.9 Å². The van der Waals surface area contributed by atoms with Crippen LogP contribution >= 0.6 is 0 Å². The van der Waals surface area contributed by atoms with E-state index in [0.717, 1.165) is 120 Å². The van der Waals surface area contributed by atoms with Crippen molar-refractivity contribution in [2.45, 2.75) is 504 Å². The van der Waals surface area contributed by atoms with Crippen LogP contribution in [0, 0.1) is 61.2 Å². The molecule has 0 aromatic heterocycles. The second-order valence-corrected chi connectivity index (χ2v) is 43.6. The van der Waals surface area contributed by atoms with Crippen molar-refractivity contribution in [3.05, 3.63) is 245 Å². The van der Waals surface area contributed by atoms with Gasteiger partial charge in [0.15, 0.2) is 0 Å². The Bertz CT molecular complexity index is 5090. The second-order valence-electron chi connectivity index (χ2n) is 43.6. The summed E-state index contributed by atoms with van der Waals surface area (Å²) in [4.78, 5) is 0. The molecular formula is C140H196O6. The van der Waals surface area contributed by atoms with E-state index in [-0.39, 0.29) is 23.7 Å². The smallest absolute Gasteiger partial charge is 0.136 e. The fourth-order valence-corrected chi connectivity index (χ4v) is 23.3. The predicted octanol–water partition coefficient (Wildman–Crippen LogP) is 40.9. The summed E-state index contributed by atoms with van der Waals surface area (Å²) >= 11 is 0. The van der Waals surface area contributed by atoms with Gasteiger partial charge >= 0.3 is 0 Å². The molecular weight excluding hydrogens is 1780 g/mol. The Balaban J connectivity index is 0.000000279. The minimum atomic E-state index is 0.0410. The number of ether oxygens (including phenoxy) is 6. The van der Waals surface area contributed by atoms with E-state index in [1.807, 2.05) is 13.8 Å². The highest BCUT2D eigenvalue weighted by atomic mass is 16.5. The van der Waals surface area contributed by atoms with Crippen molar-refractivity contribution in [2.24, 2.45) is 0 Å². The van der Waals surface area contributed by atoms with E-state index in [9.17, 15) is 0 Å². The molecule has 14 rings (SSSR count). The lowest BCUT2D eigenvalue weighted by molar-refractivity contribution is 0.294. The van der Waals surface area contributed by atoms with Crippen molar-refractivity contribution < 1.29 is 28.4 Å². The van der Waals surface area contributed by atoms with E-state index >= 15 is 0 Å². The quantitative estimate of drug-likeness (QED) is 0.0280. The van der Waals surface area contributed by atoms with Crippen molar-refractivity contribution in [1.82, 2.24) is 0 Å². The maximum atomic E-state index is 6.86. The Kier molecular flexibility index (Phi) is 56.7. The maximum Gasteiger partial charge on any atom is 0.136 e. The monoisotopic (exact) mass is 1970 g/mol. The number of aryl methyl sites for hydroxylation is 2. The summed E-state index contributed by atoms with van der Waals surface area (Å²) in [5.74, 6) is 34.3. The largest absolute Gasteiger partial charge is 0.493 e. The van der Waals surface area contributed by atoms with Crippen LogP contribution in [0.5, 0.6) is 34.5 Å². The van der Waals surface area contributed by atoms with Crippen LogP contribution < -0.4 is 28.4 Å². The summed E-state index contributed by atoms with van der Waals surface area (Å²) < 4.78 is 39.7. The molecule has 6 nitrogen and oxygen atoms in total. The van der Waals surface area contributed by atoms with Crippen molar-refractivity contribution in [3.63, 3.8) is 0 Å². The Morgan fingerprint density at radius 1 is 0.178 bits per heavy atom. The van der Waals surface area contributed by atoms with Gasteiger partial charge in [-0.15, -0.1) is 11.8 Å². The third kappa shape index (κ3) is 37.8. The summed E-state index contributed by atoms with van der Waals surface area (Å²) in [7, 11) is 0. The standard InChI is InChI=1S/C74H86O2.C66H110O4/c1-5-8-10-12-14-16-18-20-22-24-26-36-49-75-65-52-54(66(51-53(65)4)76-50-37-27-25-23-21-19-17-15-13-11-9-6-2)47-48-64-73-69-59-43-32-28-39-55(59)67(56-40-29-33-44-60(56)69)71(73)63(38-7-3)72-68-57-41-30-34-45-61(57)70(74(64)72)62-46-35-31-42-58(62)68;1-7-12-16-20-24-26-28-30-32-34-36-38-42-46-53-69-65-58-62(66(57-60(65)48-11-5)70-54-47-43-39-37-35-33-31-29-27-25-21-17-13-8-2)50-49-61-56-63(67-51-44-40-22-18-14-9-3)59(6)55-64(61)68-52-45-41-23-19-15-10-4/h28-35,39-46,51-52,67-70H,5-6,8-27,36-37,49-50H2,1-4H3;55-58H,7-10,12-47,51-54H2,1-6H3. The molecule has 0 saturated carbocycles. The summed E-state index contributed by atoms with van der Waals surface area (Å²) in [5.41, 5.74) is 24.7. The van der Waals surface area contributed by atoms with Crippen LogP contribution in [0.3, 0.4) is 0 Å². The van der Waals surface area contributed by atoms with Crippen LogP contribution in [0.25, 0.3) is 0 Å². The van der Waals surface area contributed by atoms with Gasteiger partial charge in [0.25, 0.3) is 0 Å². The van der Waals surface area contributed by atoms with Gasteiger partial charge in [-0.2, -0.15) is 0 Å². The van der Waals surface area contributed by atoms with Gasteiger partial charge in [0.2, 0.25) is 0 Å². The van der Waals surface area contributed by atoms with Gasteiger partial charge < -0.3 is 28.4 Å². The summed E-state index contributed by atoms with van der Waals surface area (Å²) in [6.45, 7) is 26.1. The van der Waals surface area contributed by atoms with Crippen molar-refractivity contribution >= 4 is 0 Å². The average Bonchev–Trinajstić information content (AvgIpc) is 0.664. The first kappa shape index (κ1) is 117. The second kappa shape index (κ2) is 70.7. The summed E-state index contributed by atoms with van der Waals surface area (Å²) in [6.07, 6.45) is 84.2. The zero-order valence-corrected chi connectivity index (χ0v) is 94.0. The van der Waals surface area contributed by atoms with Gasteiger partial charge in [0.05, 0.1) is 61.9 Å². The predicted molar refractivity (Wildman–Crippen MR) is 624 cm³/mol. The molecule has 0 unspecified atom stereocenters. The summed E-state index contributed by atoms with van der Waals surface area (Å²) in [5, 5.41) is 0. The first-order chi connectivity index (χ1) is 72.2. The highest BCUT2D eigenvalue weighted by Gasteiger charge is 2.50. The Labute approximate surface area is 892 Å². The molecule has 8 aromatic rings. The molecule has 0 heterocycles. The molecule has 6 aliphatic carbocycles. The highest BCUT2D eigenvalue weighted by molar-refractivity contribution is 5.83. The molecule has 792 valence electrons. The molecule has 4 bridgehead atoms. The number of benzene rings is 8. The SMILES string of the molecule is CC#Cc1c2c(c(C#Cc3cc(OCCCCCCCCCCCCCC)c(C)cc3OCCCCCCCCCCCCCC)c3c1C1c4ccccc4C3c3ccccc31)C1c3ccccc3C2c2ccccc21.CC#Cc1cc(OCCCCCCCCCCCCCCCC)c(C#Cc2cc(OCCCCCCCC)c(C)cc2OCCCCCCCC)cc1OCCCCCCCCCCCCCCCC. The molecule has 0 saturated heterocycles. The van der Waals surface area contributed by atoms with E-state index < -0.39 is 0 Å². The normalized spacial score (nSPS) is 13.9. The third-order valence-corrected chi connectivity index (χ3v) is 31.6. The first-order valence-electron chi connectivity index (χ1n) is 60.9. The maximum absolute atomic E-state index is 6.86. The highest BCUT2D eigenvalue weighted by Crippen LogP contribution is 2.64. The van der Waals surface area contributed by atoms with E-state index in [2.05, 4.69) is 236 Å². The van der Waals surface area contributed by atoms with E-state index in [4.69, 9.17) is 28.4 Å². The van der Waals surface area contributed by atoms with Gasteiger partial charge in [0, 0.05) is 46.9 Å².